The largest absolute Gasteiger partial charge is 0.492 e. The Bertz CT molecular complexity index is 371. The van der Waals surface area contributed by atoms with Gasteiger partial charge in [-0.15, -0.1) is 0 Å². The first-order valence-corrected chi connectivity index (χ1v) is 4.15. The van der Waals surface area contributed by atoms with Crippen LogP contribution in [0.5, 0.6) is 5.75 Å². The molecule has 0 saturated carbocycles. The summed E-state index contributed by atoms with van der Waals surface area (Å²) in [5, 5.41) is 0. The number of aryl methyl sites for hydroxylation is 1. The van der Waals surface area contributed by atoms with Crippen molar-refractivity contribution in [3.8, 4) is 5.75 Å². The minimum absolute atomic E-state index is 0.117. The van der Waals surface area contributed by atoms with E-state index in [0.717, 1.165) is 0 Å². The summed E-state index contributed by atoms with van der Waals surface area (Å²) in [7, 11) is 0. The fourth-order valence-corrected chi connectivity index (χ4v) is 1.42. The second-order valence-electron chi connectivity index (χ2n) is 3.09. The Morgan fingerprint density at radius 3 is 3.00 bits per heavy atom. The van der Waals surface area contributed by atoms with E-state index >= 15 is 0 Å². The molecule has 1 aromatic carbocycles. The van der Waals surface area contributed by atoms with Crippen LogP contribution in [0.2, 0.25) is 0 Å². The quantitative estimate of drug-likeness (QED) is 0.611. The van der Waals surface area contributed by atoms with Gasteiger partial charge in [-0.2, -0.15) is 0 Å². The molecule has 0 unspecified atom stereocenters. The number of halogens is 1. The van der Waals surface area contributed by atoms with Gasteiger partial charge >= 0.3 is 0 Å². The molecular weight excluding hydrogens is 171 g/mol. The molecule has 0 atom stereocenters. The lowest BCUT2D eigenvalue weighted by molar-refractivity contribution is 0.0927. The van der Waals surface area contributed by atoms with Crippen molar-refractivity contribution in [3.63, 3.8) is 0 Å². The van der Waals surface area contributed by atoms with Crippen LogP contribution >= 0.6 is 0 Å². The maximum absolute atomic E-state index is 13.4. The van der Waals surface area contributed by atoms with Crippen molar-refractivity contribution in [2.75, 3.05) is 6.61 Å². The molecule has 1 aromatic rings. The van der Waals surface area contributed by atoms with Gasteiger partial charge in [-0.1, -0.05) is 6.07 Å². The summed E-state index contributed by atoms with van der Waals surface area (Å²) >= 11 is 0. The first kappa shape index (κ1) is 8.23. The Morgan fingerprint density at radius 1 is 1.46 bits per heavy atom. The van der Waals surface area contributed by atoms with E-state index in [1.165, 1.54) is 0 Å². The Balaban J connectivity index is 2.65. The minimum Gasteiger partial charge on any atom is -0.492 e. The number of hydrogen-bond acceptors (Lipinski definition) is 2. The number of benzene rings is 1. The van der Waals surface area contributed by atoms with Gasteiger partial charge in [0.2, 0.25) is 0 Å². The Morgan fingerprint density at radius 2 is 2.23 bits per heavy atom. The van der Waals surface area contributed by atoms with E-state index in [0.29, 0.717) is 17.9 Å². The molecule has 68 valence electrons. The molecule has 0 amide bonds. The van der Waals surface area contributed by atoms with Crippen LogP contribution < -0.4 is 4.74 Å². The number of ether oxygens (including phenoxy) is 1. The van der Waals surface area contributed by atoms with Gasteiger partial charge < -0.3 is 4.74 Å². The van der Waals surface area contributed by atoms with Crippen molar-refractivity contribution in [1.82, 2.24) is 0 Å². The molecule has 0 saturated heterocycles. The SMILES string of the molecule is Cc1ccc2c(c1F)C(=O)CCO2. The molecule has 0 aliphatic carbocycles. The van der Waals surface area contributed by atoms with Crippen LogP contribution in [-0.2, 0) is 0 Å². The summed E-state index contributed by atoms with van der Waals surface area (Å²) in [4.78, 5) is 11.3. The van der Waals surface area contributed by atoms with Crippen LogP contribution in [0.4, 0.5) is 4.39 Å². The zero-order valence-corrected chi connectivity index (χ0v) is 7.26. The number of Topliss-reactive ketones (excluding diaryl/α,β-unsaturated/α-hetero) is 1. The first-order chi connectivity index (χ1) is 6.20. The Labute approximate surface area is 75.3 Å². The third kappa shape index (κ3) is 1.20. The molecule has 1 aliphatic heterocycles. The minimum atomic E-state index is -0.442. The third-order valence-electron chi connectivity index (χ3n) is 2.16. The van der Waals surface area contributed by atoms with Crippen LogP contribution in [0.3, 0.4) is 0 Å². The molecule has 3 heteroatoms. The zero-order chi connectivity index (χ0) is 9.42. The molecule has 0 N–H and O–H groups in total. The Hall–Kier alpha value is -1.38. The highest BCUT2D eigenvalue weighted by atomic mass is 19.1. The summed E-state index contributed by atoms with van der Waals surface area (Å²) in [6.07, 6.45) is 0.271. The summed E-state index contributed by atoms with van der Waals surface area (Å²) < 4.78 is 18.6. The van der Waals surface area contributed by atoms with Gasteiger partial charge in [0.05, 0.1) is 12.2 Å². The molecule has 0 spiro atoms. The topological polar surface area (TPSA) is 26.3 Å². The second kappa shape index (κ2) is 2.83. The van der Waals surface area contributed by atoms with E-state index in [-0.39, 0.29) is 17.8 Å². The maximum atomic E-state index is 13.4. The normalized spacial score (nSPS) is 15.1. The molecule has 2 rings (SSSR count). The fourth-order valence-electron chi connectivity index (χ4n) is 1.42. The lowest BCUT2D eigenvalue weighted by Gasteiger charge is -2.17. The second-order valence-corrected chi connectivity index (χ2v) is 3.09. The monoisotopic (exact) mass is 180 g/mol. The summed E-state index contributed by atoms with van der Waals surface area (Å²) in [5.74, 6) is -0.232. The van der Waals surface area contributed by atoms with Crippen molar-refractivity contribution >= 4 is 5.78 Å². The molecule has 2 nitrogen and oxygen atoms in total. The van der Waals surface area contributed by atoms with Gasteiger partial charge in [-0.25, -0.2) is 4.39 Å². The van der Waals surface area contributed by atoms with E-state index in [2.05, 4.69) is 0 Å². The van der Waals surface area contributed by atoms with Crippen molar-refractivity contribution < 1.29 is 13.9 Å². The molecule has 0 aromatic heterocycles. The van der Waals surface area contributed by atoms with E-state index < -0.39 is 5.82 Å². The van der Waals surface area contributed by atoms with E-state index in [4.69, 9.17) is 4.74 Å². The predicted molar refractivity (Wildman–Crippen MR) is 45.6 cm³/mol. The van der Waals surface area contributed by atoms with Gasteiger partial charge in [-0.05, 0) is 18.6 Å². The summed E-state index contributed by atoms with van der Waals surface area (Å²) in [6, 6.07) is 3.26. The van der Waals surface area contributed by atoms with Gasteiger partial charge in [0, 0.05) is 6.42 Å². The fraction of sp³-hybridized carbons (Fsp3) is 0.300. The van der Waals surface area contributed by atoms with Crippen molar-refractivity contribution in [2.45, 2.75) is 13.3 Å². The van der Waals surface area contributed by atoms with E-state index in [1.54, 1.807) is 19.1 Å². The van der Waals surface area contributed by atoms with E-state index in [9.17, 15) is 9.18 Å². The zero-order valence-electron chi connectivity index (χ0n) is 7.26. The molecule has 0 radical (unpaired) electrons. The molecular formula is C10H9FO2. The average molecular weight is 180 g/mol. The molecule has 13 heavy (non-hydrogen) atoms. The summed E-state index contributed by atoms with van der Waals surface area (Å²) in [5.41, 5.74) is 0.601. The summed E-state index contributed by atoms with van der Waals surface area (Å²) in [6.45, 7) is 1.99. The number of hydrogen-bond donors (Lipinski definition) is 0. The Kier molecular flexibility index (Phi) is 1.79. The highest BCUT2D eigenvalue weighted by Gasteiger charge is 2.23. The van der Waals surface area contributed by atoms with Gasteiger partial charge in [-0.3, -0.25) is 4.79 Å². The average Bonchev–Trinajstić information content (AvgIpc) is 2.12. The van der Waals surface area contributed by atoms with Gasteiger partial charge in [0.15, 0.2) is 5.78 Å². The van der Waals surface area contributed by atoms with Crippen LogP contribution in [0.1, 0.15) is 22.3 Å². The lowest BCUT2D eigenvalue weighted by Crippen LogP contribution is -2.17. The van der Waals surface area contributed by atoms with Crippen LogP contribution in [0.15, 0.2) is 12.1 Å². The van der Waals surface area contributed by atoms with E-state index in [1.807, 2.05) is 0 Å². The highest BCUT2D eigenvalue weighted by molar-refractivity contribution is 6.00. The van der Waals surface area contributed by atoms with Crippen molar-refractivity contribution in [1.29, 1.82) is 0 Å². The maximum Gasteiger partial charge on any atom is 0.172 e. The number of ketones is 1. The number of carbonyl (C=O) groups is 1. The lowest BCUT2D eigenvalue weighted by atomic mass is 10.0. The number of carbonyl (C=O) groups excluding carboxylic acids is 1. The molecule has 0 fully saturated rings. The molecule has 0 bridgehead atoms. The van der Waals surface area contributed by atoms with Gasteiger partial charge in [0.25, 0.3) is 0 Å². The first-order valence-electron chi connectivity index (χ1n) is 4.15. The molecule has 1 heterocycles. The van der Waals surface area contributed by atoms with Crippen molar-refractivity contribution in [3.05, 3.63) is 29.1 Å². The number of fused-ring (bicyclic) bond motifs is 1. The van der Waals surface area contributed by atoms with Crippen LogP contribution in [-0.4, -0.2) is 12.4 Å². The smallest absolute Gasteiger partial charge is 0.172 e. The highest BCUT2D eigenvalue weighted by Crippen LogP contribution is 2.28. The number of rotatable bonds is 0. The molecule has 1 aliphatic rings. The standard InChI is InChI=1S/C10H9FO2/c1-6-2-3-8-9(10(6)11)7(12)4-5-13-8/h2-3H,4-5H2,1H3. The van der Waals surface area contributed by atoms with Gasteiger partial charge in [0.1, 0.15) is 11.6 Å². The van der Waals surface area contributed by atoms with Crippen LogP contribution in [0.25, 0.3) is 0 Å². The van der Waals surface area contributed by atoms with Crippen LogP contribution in [0, 0.1) is 12.7 Å². The predicted octanol–water partition coefficient (Wildman–Crippen LogP) is 2.10. The third-order valence-corrected chi connectivity index (χ3v) is 2.16. The van der Waals surface area contributed by atoms with Crippen molar-refractivity contribution in [2.24, 2.45) is 0 Å².